The van der Waals surface area contributed by atoms with Gasteiger partial charge in [0.2, 0.25) is 0 Å². The van der Waals surface area contributed by atoms with E-state index in [1.165, 1.54) is 18.2 Å². The molecule has 1 fully saturated rings. The molecule has 0 bridgehead atoms. The van der Waals surface area contributed by atoms with Crippen LogP contribution in [0.5, 0.6) is 0 Å². The fourth-order valence-corrected chi connectivity index (χ4v) is 4.16. The van der Waals surface area contributed by atoms with Crippen LogP contribution in [0.25, 0.3) is 10.2 Å². The van der Waals surface area contributed by atoms with E-state index in [1.54, 1.807) is 17.7 Å². The van der Waals surface area contributed by atoms with Gasteiger partial charge >= 0.3 is 0 Å². The number of hydrogen-bond donors (Lipinski definition) is 0. The quantitative estimate of drug-likeness (QED) is 0.730. The molecule has 0 unspecified atom stereocenters. The van der Waals surface area contributed by atoms with Gasteiger partial charge in [0, 0.05) is 33.0 Å². The standard InChI is InChI=1S/C17H22N6S/c1-3-14-19-16(13-6-9-24-17(13)20-14)23-7-4-12(5-8-23)10-15-21-18-11-22(15)2/h6,9,11-12H,3-5,7-8,10H2,1-2H3. The summed E-state index contributed by atoms with van der Waals surface area (Å²) in [4.78, 5) is 13.0. The Morgan fingerprint density at radius 2 is 2.08 bits per heavy atom. The average Bonchev–Trinajstić information content (AvgIpc) is 3.24. The number of piperidine rings is 1. The monoisotopic (exact) mass is 342 g/mol. The van der Waals surface area contributed by atoms with Crippen LogP contribution < -0.4 is 4.90 Å². The summed E-state index contributed by atoms with van der Waals surface area (Å²) >= 11 is 1.70. The first-order chi connectivity index (χ1) is 11.7. The van der Waals surface area contributed by atoms with Crippen molar-refractivity contribution in [3.8, 4) is 0 Å². The van der Waals surface area contributed by atoms with Gasteiger partial charge in [-0.05, 0) is 30.2 Å². The third kappa shape index (κ3) is 2.88. The van der Waals surface area contributed by atoms with Gasteiger partial charge in [-0.2, -0.15) is 0 Å². The second-order valence-corrected chi connectivity index (χ2v) is 7.34. The summed E-state index contributed by atoms with van der Waals surface area (Å²) in [6.07, 6.45) is 6.02. The molecule has 1 aliphatic rings. The molecule has 1 aliphatic heterocycles. The zero-order valence-corrected chi connectivity index (χ0v) is 15.0. The maximum Gasteiger partial charge on any atom is 0.141 e. The van der Waals surface area contributed by atoms with Crippen LogP contribution in [0.3, 0.4) is 0 Å². The molecule has 4 rings (SSSR count). The summed E-state index contributed by atoms with van der Waals surface area (Å²) in [6, 6.07) is 2.15. The van der Waals surface area contributed by atoms with E-state index in [1.807, 2.05) is 11.6 Å². The Morgan fingerprint density at radius 1 is 1.25 bits per heavy atom. The van der Waals surface area contributed by atoms with E-state index in [2.05, 4.69) is 38.5 Å². The molecule has 3 aromatic rings. The molecule has 0 amide bonds. The second kappa shape index (κ2) is 6.47. The lowest BCUT2D eigenvalue weighted by molar-refractivity contribution is 0.392. The molecule has 3 aromatic heterocycles. The van der Waals surface area contributed by atoms with Crippen LogP contribution in [0.1, 0.15) is 31.4 Å². The highest BCUT2D eigenvalue weighted by molar-refractivity contribution is 7.16. The average molecular weight is 342 g/mol. The van der Waals surface area contributed by atoms with Crippen molar-refractivity contribution in [2.24, 2.45) is 13.0 Å². The van der Waals surface area contributed by atoms with E-state index in [4.69, 9.17) is 4.98 Å². The number of aryl methyl sites for hydroxylation is 2. The van der Waals surface area contributed by atoms with Crippen molar-refractivity contribution in [1.29, 1.82) is 0 Å². The van der Waals surface area contributed by atoms with E-state index in [9.17, 15) is 0 Å². The van der Waals surface area contributed by atoms with Crippen molar-refractivity contribution in [1.82, 2.24) is 24.7 Å². The van der Waals surface area contributed by atoms with E-state index < -0.39 is 0 Å². The zero-order valence-electron chi connectivity index (χ0n) is 14.1. The van der Waals surface area contributed by atoms with Crippen molar-refractivity contribution in [3.05, 3.63) is 29.4 Å². The highest BCUT2D eigenvalue weighted by atomic mass is 32.1. The Kier molecular flexibility index (Phi) is 4.18. The number of anilines is 1. The first kappa shape index (κ1) is 15.5. The van der Waals surface area contributed by atoms with Gasteiger partial charge in [-0.1, -0.05) is 6.92 Å². The molecule has 0 saturated carbocycles. The Bertz CT molecular complexity index is 831. The van der Waals surface area contributed by atoms with Gasteiger partial charge in [-0.3, -0.25) is 0 Å². The topological polar surface area (TPSA) is 59.7 Å². The van der Waals surface area contributed by atoms with Crippen LogP contribution in [0, 0.1) is 5.92 Å². The number of thiophene rings is 1. The van der Waals surface area contributed by atoms with Gasteiger partial charge in [-0.25, -0.2) is 9.97 Å². The zero-order chi connectivity index (χ0) is 16.5. The highest BCUT2D eigenvalue weighted by Gasteiger charge is 2.23. The van der Waals surface area contributed by atoms with E-state index in [0.717, 1.165) is 48.2 Å². The molecular formula is C17H22N6S. The highest BCUT2D eigenvalue weighted by Crippen LogP contribution is 2.31. The van der Waals surface area contributed by atoms with E-state index >= 15 is 0 Å². The predicted molar refractivity (Wildman–Crippen MR) is 96.4 cm³/mol. The largest absolute Gasteiger partial charge is 0.356 e. The Labute approximate surface area is 145 Å². The minimum atomic E-state index is 0.676. The minimum Gasteiger partial charge on any atom is -0.356 e. The maximum absolute atomic E-state index is 4.83. The van der Waals surface area contributed by atoms with E-state index in [-0.39, 0.29) is 0 Å². The Balaban J connectivity index is 1.50. The Morgan fingerprint density at radius 3 is 2.79 bits per heavy atom. The van der Waals surface area contributed by atoms with Crippen molar-refractivity contribution in [3.63, 3.8) is 0 Å². The molecule has 0 radical (unpaired) electrons. The summed E-state index contributed by atoms with van der Waals surface area (Å²) in [5.74, 6) is 3.83. The van der Waals surface area contributed by atoms with Gasteiger partial charge in [0.15, 0.2) is 0 Å². The summed E-state index contributed by atoms with van der Waals surface area (Å²) in [7, 11) is 2.02. The van der Waals surface area contributed by atoms with Crippen molar-refractivity contribution < 1.29 is 0 Å². The lowest BCUT2D eigenvalue weighted by atomic mass is 9.93. The molecule has 6 nitrogen and oxygen atoms in total. The van der Waals surface area contributed by atoms with Gasteiger partial charge < -0.3 is 9.47 Å². The Hall–Kier alpha value is -2.02. The van der Waals surface area contributed by atoms with Gasteiger partial charge in [-0.15, -0.1) is 21.5 Å². The summed E-state index contributed by atoms with van der Waals surface area (Å²) in [5, 5.41) is 11.5. The molecule has 0 spiro atoms. The van der Waals surface area contributed by atoms with Crippen LogP contribution in [0.15, 0.2) is 17.8 Å². The first-order valence-corrected chi connectivity index (χ1v) is 9.44. The summed E-state index contributed by atoms with van der Waals surface area (Å²) in [6.45, 7) is 4.22. The molecule has 24 heavy (non-hydrogen) atoms. The normalized spacial score (nSPS) is 16.2. The van der Waals surface area contributed by atoms with Crippen LogP contribution in [0.2, 0.25) is 0 Å². The predicted octanol–water partition coefficient (Wildman–Crippen LogP) is 2.84. The molecule has 0 aromatic carbocycles. The molecule has 0 aliphatic carbocycles. The SMILES string of the molecule is CCc1nc(N2CCC(Cc3nncn3C)CC2)c2ccsc2n1. The van der Waals surface area contributed by atoms with Crippen LogP contribution in [-0.4, -0.2) is 37.8 Å². The lowest BCUT2D eigenvalue weighted by Gasteiger charge is -2.33. The third-order valence-corrected chi connectivity index (χ3v) is 5.66. The van der Waals surface area contributed by atoms with E-state index in [0.29, 0.717) is 5.92 Å². The summed E-state index contributed by atoms with van der Waals surface area (Å²) < 4.78 is 2.03. The van der Waals surface area contributed by atoms with Gasteiger partial charge in [0.1, 0.15) is 28.6 Å². The number of rotatable bonds is 4. The number of hydrogen-bond acceptors (Lipinski definition) is 6. The van der Waals surface area contributed by atoms with Crippen LogP contribution in [-0.2, 0) is 19.9 Å². The molecule has 0 N–H and O–H groups in total. The molecule has 1 saturated heterocycles. The van der Waals surface area contributed by atoms with Crippen molar-refractivity contribution >= 4 is 27.4 Å². The van der Waals surface area contributed by atoms with Crippen LogP contribution >= 0.6 is 11.3 Å². The number of aromatic nitrogens is 5. The molecule has 7 heteroatoms. The van der Waals surface area contributed by atoms with Crippen LogP contribution in [0.4, 0.5) is 5.82 Å². The molecular weight excluding hydrogens is 320 g/mol. The maximum atomic E-state index is 4.83. The first-order valence-electron chi connectivity index (χ1n) is 8.56. The summed E-state index contributed by atoms with van der Waals surface area (Å²) in [5.41, 5.74) is 0. The molecule has 4 heterocycles. The van der Waals surface area contributed by atoms with Crippen molar-refractivity contribution in [2.45, 2.75) is 32.6 Å². The smallest absolute Gasteiger partial charge is 0.141 e. The third-order valence-electron chi connectivity index (χ3n) is 4.86. The lowest BCUT2D eigenvalue weighted by Crippen LogP contribution is -2.35. The molecule has 0 atom stereocenters. The minimum absolute atomic E-state index is 0.676. The van der Waals surface area contributed by atoms with Crippen molar-refractivity contribution in [2.75, 3.05) is 18.0 Å². The fraction of sp³-hybridized carbons (Fsp3) is 0.529. The van der Waals surface area contributed by atoms with Gasteiger partial charge in [0.25, 0.3) is 0 Å². The molecule has 126 valence electrons. The second-order valence-electron chi connectivity index (χ2n) is 6.45. The number of fused-ring (bicyclic) bond motifs is 1. The van der Waals surface area contributed by atoms with Gasteiger partial charge in [0.05, 0.1) is 5.39 Å². The number of nitrogens with zero attached hydrogens (tertiary/aromatic N) is 6. The fourth-order valence-electron chi connectivity index (χ4n) is 3.38.